The Bertz CT molecular complexity index is 626. The summed E-state index contributed by atoms with van der Waals surface area (Å²) in [7, 11) is 0. The molecule has 2 aromatic rings. The molecule has 2 rings (SSSR count). The van der Waals surface area contributed by atoms with E-state index in [2.05, 4.69) is 29.1 Å². The number of hydrogen-bond donors (Lipinski definition) is 1. The lowest BCUT2D eigenvalue weighted by atomic mass is 10.2. The first-order chi connectivity index (χ1) is 9.90. The van der Waals surface area contributed by atoms with Crippen molar-refractivity contribution in [1.82, 2.24) is 15.3 Å². The summed E-state index contributed by atoms with van der Waals surface area (Å²) in [5.74, 6) is 0.0146. The maximum Gasteiger partial charge on any atom is 0.226 e. The van der Waals surface area contributed by atoms with E-state index in [1.54, 1.807) is 22.7 Å². The topological polar surface area (TPSA) is 54.9 Å². The summed E-state index contributed by atoms with van der Waals surface area (Å²) < 4.78 is 0. The zero-order chi connectivity index (χ0) is 15.6. The molecule has 0 aliphatic heterocycles. The standard InChI is InChI=1S/C15H21N3OS2/c1-6-12(15-16-8(2)9(3)21-15)18-14(19)7-13-10(4)20-11(5)17-13/h12H,6-7H2,1-5H3,(H,18,19). The van der Waals surface area contributed by atoms with Crippen LogP contribution in [0.25, 0.3) is 0 Å². The summed E-state index contributed by atoms with van der Waals surface area (Å²) in [5, 5.41) is 5.08. The van der Waals surface area contributed by atoms with Crippen molar-refractivity contribution in [2.45, 2.75) is 53.5 Å². The fourth-order valence-corrected chi connectivity index (χ4v) is 4.01. The summed E-state index contributed by atoms with van der Waals surface area (Å²) >= 11 is 3.30. The monoisotopic (exact) mass is 323 g/mol. The number of carbonyl (C=O) groups is 1. The predicted molar refractivity (Wildman–Crippen MR) is 88.1 cm³/mol. The van der Waals surface area contributed by atoms with Crippen molar-refractivity contribution in [3.63, 3.8) is 0 Å². The van der Waals surface area contributed by atoms with Gasteiger partial charge in [0.2, 0.25) is 5.91 Å². The molecule has 1 N–H and O–H groups in total. The fraction of sp³-hybridized carbons (Fsp3) is 0.533. The van der Waals surface area contributed by atoms with Gasteiger partial charge in [0, 0.05) is 9.75 Å². The summed E-state index contributed by atoms with van der Waals surface area (Å²) in [5.41, 5.74) is 1.94. The highest BCUT2D eigenvalue weighted by Gasteiger charge is 2.18. The van der Waals surface area contributed by atoms with Gasteiger partial charge in [0.05, 0.1) is 28.9 Å². The van der Waals surface area contributed by atoms with Crippen LogP contribution in [0.15, 0.2) is 0 Å². The molecule has 0 saturated carbocycles. The minimum Gasteiger partial charge on any atom is -0.347 e. The molecule has 1 unspecified atom stereocenters. The molecule has 0 saturated heterocycles. The number of carbonyl (C=O) groups excluding carboxylic acids is 1. The molecule has 1 amide bonds. The Balaban J connectivity index is 2.04. The van der Waals surface area contributed by atoms with Crippen LogP contribution in [0.4, 0.5) is 0 Å². The molecular weight excluding hydrogens is 302 g/mol. The van der Waals surface area contributed by atoms with E-state index in [1.807, 2.05) is 20.8 Å². The molecule has 2 aromatic heterocycles. The van der Waals surface area contributed by atoms with Crippen molar-refractivity contribution in [2.24, 2.45) is 0 Å². The SMILES string of the molecule is CCC(NC(=O)Cc1nc(C)sc1C)c1nc(C)c(C)s1. The molecule has 0 aliphatic rings. The molecule has 0 fully saturated rings. The Morgan fingerprint density at radius 3 is 2.33 bits per heavy atom. The van der Waals surface area contributed by atoms with Crippen molar-refractivity contribution in [3.8, 4) is 0 Å². The Kier molecular flexibility index (Phi) is 5.11. The number of amides is 1. The van der Waals surface area contributed by atoms with Crippen molar-refractivity contribution in [2.75, 3.05) is 0 Å². The van der Waals surface area contributed by atoms with Gasteiger partial charge in [0.25, 0.3) is 0 Å². The lowest BCUT2D eigenvalue weighted by molar-refractivity contribution is -0.121. The van der Waals surface area contributed by atoms with Crippen LogP contribution in [0, 0.1) is 27.7 Å². The van der Waals surface area contributed by atoms with E-state index in [-0.39, 0.29) is 11.9 Å². The number of thiazole rings is 2. The van der Waals surface area contributed by atoms with Crippen LogP contribution in [0.5, 0.6) is 0 Å². The first-order valence-corrected chi connectivity index (χ1v) is 8.70. The molecule has 21 heavy (non-hydrogen) atoms. The summed E-state index contributed by atoms with van der Waals surface area (Å²) in [6, 6.07) is -0.00469. The molecule has 4 nitrogen and oxygen atoms in total. The first kappa shape index (κ1) is 16.1. The van der Waals surface area contributed by atoms with Crippen LogP contribution in [0.1, 0.15) is 50.5 Å². The van der Waals surface area contributed by atoms with Gasteiger partial charge in [-0.25, -0.2) is 9.97 Å². The maximum atomic E-state index is 12.2. The van der Waals surface area contributed by atoms with Crippen LogP contribution < -0.4 is 5.32 Å². The van der Waals surface area contributed by atoms with Gasteiger partial charge in [0.1, 0.15) is 5.01 Å². The number of hydrogen-bond acceptors (Lipinski definition) is 5. The Morgan fingerprint density at radius 2 is 1.86 bits per heavy atom. The van der Waals surface area contributed by atoms with Crippen molar-refractivity contribution >= 4 is 28.6 Å². The van der Waals surface area contributed by atoms with Gasteiger partial charge in [-0.3, -0.25) is 4.79 Å². The molecule has 0 spiro atoms. The molecule has 0 bridgehead atoms. The van der Waals surface area contributed by atoms with Crippen molar-refractivity contribution in [1.29, 1.82) is 0 Å². The van der Waals surface area contributed by atoms with E-state index in [4.69, 9.17) is 0 Å². The minimum atomic E-state index is -0.00469. The van der Waals surface area contributed by atoms with E-state index in [0.717, 1.165) is 32.7 Å². The Labute approximate surface area is 133 Å². The van der Waals surface area contributed by atoms with Gasteiger partial charge >= 0.3 is 0 Å². The second-order valence-corrected chi connectivity index (χ2v) is 7.78. The highest BCUT2D eigenvalue weighted by atomic mass is 32.1. The van der Waals surface area contributed by atoms with Gasteiger partial charge < -0.3 is 5.32 Å². The number of rotatable bonds is 5. The highest BCUT2D eigenvalue weighted by Crippen LogP contribution is 2.25. The number of aryl methyl sites for hydroxylation is 4. The van der Waals surface area contributed by atoms with Gasteiger partial charge in [-0.2, -0.15) is 0 Å². The maximum absolute atomic E-state index is 12.2. The third-order valence-electron chi connectivity index (χ3n) is 3.41. The van der Waals surface area contributed by atoms with E-state index in [9.17, 15) is 4.79 Å². The average Bonchev–Trinajstić information content (AvgIpc) is 2.90. The summed E-state index contributed by atoms with van der Waals surface area (Å²) in [4.78, 5) is 23.5. The fourth-order valence-electron chi connectivity index (χ4n) is 2.12. The quantitative estimate of drug-likeness (QED) is 0.914. The smallest absolute Gasteiger partial charge is 0.226 e. The van der Waals surface area contributed by atoms with Crippen molar-refractivity contribution < 1.29 is 4.79 Å². The number of aromatic nitrogens is 2. The van der Waals surface area contributed by atoms with E-state index < -0.39 is 0 Å². The van der Waals surface area contributed by atoms with Crippen LogP contribution in [0.3, 0.4) is 0 Å². The average molecular weight is 323 g/mol. The van der Waals surface area contributed by atoms with Gasteiger partial charge in [0.15, 0.2) is 0 Å². The Morgan fingerprint density at radius 1 is 1.14 bits per heavy atom. The van der Waals surface area contributed by atoms with Crippen LogP contribution in [-0.4, -0.2) is 15.9 Å². The van der Waals surface area contributed by atoms with Crippen molar-refractivity contribution in [3.05, 3.63) is 31.2 Å². The molecule has 0 aromatic carbocycles. The molecule has 1 atom stereocenters. The van der Waals surface area contributed by atoms with Crippen LogP contribution >= 0.6 is 22.7 Å². The second kappa shape index (κ2) is 6.66. The summed E-state index contributed by atoms with van der Waals surface area (Å²) in [6.07, 6.45) is 1.18. The molecule has 6 heteroatoms. The van der Waals surface area contributed by atoms with Gasteiger partial charge in [-0.05, 0) is 34.1 Å². The molecular formula is C15H21N3OS2. The second-order valence-electron chi connectivity index (χ2n) is 5.13. The number of nitrogens with one attached hydrogen (secondary N) is 1. The van der Waals surface area contributed by atoms with E-state index >= 15 is 0 Å². The molecule has 0 radical (unpaired) electrons. The lowest BCUT2D eigenvalue weighted by Gasteiger charge is -2.14. The minimum absolute atomic E-state index is 0.00469. The Hall–Kier alpha value is -1.27. The third-order valence-corrected chi connectivity index (χ3v) is 5.53. The predicted octanol–water partition coefficient (Wildman–Crippen LogP) is 3.64. The number of nitrogens with zero attached hydrogens (tertiary/aromatic N) is 2. The normalized spacial score (nSPS) is 12.4. The molecule has 2 heterocycles. The van der Waals surface area contributed by atoms with Gasteiger partial charge in [-0.15, -0.1) is 22.7 Å². The van der Waals surface area contributed by atoms with Crippen LogP contribution in [-0.2, 0) is 11.2 Å². The molecule has 114 valence electrons. The van der Waals surface area contributed by atoms with Crippen LogP contribution in [0.2, 0.25) is 0 Å². The highest BCUT2D eigenvalue weighted by molar-refractivity contribution is 7.12. The first-order valence-electron chi connectivity index (χ1n) is 7.06. The van der Waals surface area contributed by atoms with E-state index in [0.29, 0.717) is 6.42 Å². The van der Waals surface area contributed by atoms with Gasteiger partial charge in [-0.1, -0.05) is 6.92 Å². The lowest BCUT2D eigenvalue weighted by Crippen LogP contribution is -2.29. The summed E-state index contributed by atoms with van der Waals surface area (Å²) in [6.45, 7) is 10.1. The van der Waals surface area contributed by atoms with E-state index in [1.165, 1.54) is 4.88 Å². The zero-order valence-corrected chi connectivity index (χ0v) is 14.7. The zero-order valence-electron chi connectivity index (χ0n) is 13.1. The molecule has 0 aliphatic carbocycles. The largest absolute Gasteiger partial charge is 0.347 e. The third kappa shape index (κ3) is 3.89.